The van der Waals surface area contributed by atoms with E-state index in [0.29, 0.717) is 12.1 Å². The van der Waals surface area contributed by atoms with Crippen LogP contribution < -0.4 is 5.32 Å². The molecule has 1 aromatic carbocycles. The molecule has 18 heavy (non-hydrogen) atoms. The Balaban J connectivity index is 2.10. The summed E-state index contributed by atoms with van der Waals surface area (Å²) in [6.45, 7) is 5.37. The van der Waals surface area contributed by atoms with Gasteiger partial charge >= 0.3 is 0 Å². The third-order valence-corrected chi connectivity index (χ3v) is 4.19. The summed E-state index contributed by atoms with van der Waals surface area (Å²) < 4.78 is 13.8. The van der Waals surface area contributed by atoms with E-state index in [9.17, 15) is 4.39 Å². The van der Waals surface area contributed by atoms with Gasteiger partial charge in [0.25, 0.3) is 0 Å². The number of benzene rings is 1. The molecule has 2 nitrogen and oxygen atoms in total. The van der Waals surface area contributed by atoms with Crippen molar-refractivity contribution < 1.29 is 4.39 Å². The van der Waals surface area contributed by atoms with Gasteiger partial charge in [-0.2, -0.15) is 0 Å². The fourth-order valence-electron chi connectivity index (χ4n) is 3.02. The van der Waals surface area contributed by atoms with Crippen molar-refractivity contribution in [2.75, 3.05) is 13.6 Å². The van der Waals surface area contributed by atoms with Crippen molar-refractivity contribution in [1.82, 2.24) is 10.2 Å². The Bertz CT molecular complexity index is 394. The zero-order valence-electron chi connectivity index (χ0n) is 11.5. The maximum atomic E-state index is 13.8. The highest BCUT2D eigenvalue weighted by Crippen LogP contribution is 2.29. The monoisotopic (exact) mass is 250 g/mol. The Morgan fingerprint density at radius 1 is 1.39 bits per heavy atom. The molecule has 1 aliphatic heterocycles. The van der Waals surface area contributed by atoms with E-state index < -0.39 is 0 Å². The Morgan fingerprint density at radius 2 is 2.11 bits per heavy atom. The minimum Gasteiger partial charge on any atom is -0.317 e. The van der Waals surface area contributed by atoms with E-state index in [2.05, 4.69) is 24.1 Å². The van der Waals surface area contributed by atoms with Crippen LogP contribution in [0.2, 0.25) is 0 Å². The molecule has 100 valence electrons. The van der Waals surface area contributed by atoms with Gasteiger partial charge in [-0.3, -0.25) is 4.90 Å². The quantitative estimate of drug-likeness (QED) is 0.887. The second kappa shape index (κ2) is 5.81. The summed E-state index contributed by atoms with van der Waals surface area (Å²) >= 11 is 0. The van der Waals surface area contributed by atoms with Gasteiger partial charge < -0.3 is 5.32 Å². The Kier molecular flexibility index (Phi) is 4.36. The predicted octanol–water partition coefficient (Wildman–Crippen LogP) is 2.96. The van der Waals surface area contributed by atoms with Crippen molar-refractivity contribution >= 4 is 0 Å². The summed E-state index contributed by atoms with van der Waals surface area (Å²) in [5.74, 6) is -0.0899. The third-order valence-electron chi connectivity index (χ3n) is 4.19. The number of nitrogens with one attached hydrogen (secondary N) is 1. The molecule has 0 bridgehead atoms. The van der Waals surface area contributed by atoms with E-state index in [1.165, 1.54) is 0 Å². The smallest absolute Gasteiger partial charge is 0.127 e. The molecule has 0 saturated carbocycles. The molecule has 3 unspecified atom stereocenters. The van der Waals surface area contributed by atoms with E-state index >= 15 is 0 Å². The molecule has 2 rings (SSSR count). The minimum absolute atomic E-state index is 0.0899. The van der Waals surface area contributed by atoms with Gasteiger partial charge in [-0.1, -0.05) is 18.2 Å². The Labute approximate surface area is 109 Å². The van der Waals surface area contributed by atoms with Crippen LogP contribution in [0, 0.1) is 5.82 Å². The highest BCUT2D eigenvalue weighted by molar-refractivity contribution is 5.21. The summed E-state index contributed by atoms with van der Waals surface area (Å²) in [7, 11) is 2.02. The molecule has 0 amide bonds. The molecule has 0 aromatic heterocycles. The molecular formula is C15H23FN2. The molecule has 3 atom stereocenters. The zero-order valence-corrected chi connectivity index (χ0v) is 11.5. The SMILES string of the molecule is CNC1CCN(C(C)c2ccccc2F)C(C)C1. The average Bonchev–Trinajstić information content (AvgIpc) is 2.38. The van der Waals surface area contributed by atoms with Gasteiger partial charge in [-0.15, -0.1) is 0 Å². The number of nitrogens with zero attached hydrogens (tertiary/aromatic N) is 1. The van der Waals surface area contributed by atoms with E-state index in [0.717, 1.165) is 24.9 Å². The Hall–Kier alpha value is -0.930. The first-order valence-corrected chi connectivity index (χ1v) is 6.81. The fourth-order valence-corrected chi connectivity index (χ4v) is 3.02. The summed E-state index contributed by atoms with van der Waals surface area (Å²) in [4.78, 5) is 2.41. The van der Waals surface area contributed by atoms with Crippen LogP contribution >= 0.6 is 0 Å². The van der Waals surface area contributed by atoms with E-state index in [-0.39, 0.29) is 11.9 Å². The van der Waals surface area contributed by atoms with Gasteiger partial charge in [0, 0.05) is 30.2 Å². The molecule has 1 fully saturated rings. The lowest BCUT2D eigenvalue weighted by molar-refractivity contribution is 0.0957. The third kappa shape index (κ3) is 2.73. The first-order valence-electron chi connectivity index (χ1n) is 6.81. The van der Waals surface area contributed by atoms with E-state index in [1.807, 2.05) is 19.2 Å². The molecule has 1 saturated heterocycles. The number of likely N-dealkylation sites (tertiary alicyclic amines) is 1. The predicted molar refractivity (Wildman–Crippen MR) is 73.1 cm³/mol. The second-order valence-electron chi connectivity index (χ2n) is 5.29. The number of rotatable bonds is 3. The van der Waals surface area contributed by atoms with Crippen molar-refractivity contribution in [2.45, 2.75) is 44.8 Å². The number of hydrogen-bond donors (Lipinski definition) is 1. The van der Waals surface area contributed by atoms with E-state index in [1.54, 1.807) is 12.1 Å². The summed E-state index contributed by atoms with van der Waals surface area (Å²) in [5, 5.41) is 3.34. The van der Waals surface area contributed by atoms with Gasteiger partial charge in [0.1, 0.15) is 5.82 Å². The van der Waals surface area contributed by atoms with Crippen LogP contribution in [0.1, 0.15) is 38.3 Å². The molecule has 0 radical (unpaired) electrons. The standard InChI is InChI=1S/C15H23FN2/c1-11-10-13(17-3)8-9-18(11)12(2)14-6-4-5-7-15(14)16/h4-7,11-13,17H,8-10H2,1-3H3. The van der Waals surface area contributed by atoms with Crippen LogP contribution in [0.15, 0.2) is 24.3 Å². The summed E-state index contributed by atoms with van der Waals surface area (Å²) in [6.07, 6.45) is 2.27. The largest absolute Gasteiger partial charge is 0.317 e. The second-order valence-corrected chi connectivity index (χ2v) is 5.29. The maximum Gasteiger partial charge on any atom is 0.127 e. The van der Waals surface area contributed by atoms with Crippen LogP contribution in [0.4, 0.5) is 4.39 Å². The highest BCUT2D eigenvalue weighted by atomic mass is 19.1. The lowest BCUT2D eigenvalue weighted by atomic mass is 9.94. The van der Waals surface area contributed by atoms with E-state index in [4.69, 9.17) is 0 Å². The fraction of sp³-hybridized carbons (Fsp3) is 0.600. The van der Waals surface area contributed by atoms with Crippen LogP contribution in [-0.2, 0) is 0 Å². The number of hydrogen-bond acceptors (Lipinski definition) is 2. The average molecular weight is 250 g/mol. The molecule has 3 heteroatoms. The lowest BCUT2D eigenvalue weighted by Crippen LogP contribution is -2.47. The first-order chi connectivity index (χ1) is 8.63. The van der Waals surface area contributed by atoms with Crippen molar-refractivity contribution in [3.05, 3.63) is 35.6 Å². The normalized spacial score (nSPS) is 27.1. The molecule has 1 aromatic rings. The minimum atomic E-state index is -0.0899. The van der Waals surface area contributed by atoms with Gasteiger partial charge in [0.15, 0.2) is 0 Å². The highest BCUT2D eigenvalue weighted by Gasteiger charge is 2.29. The van der Waals surface area contributed by atoms with Crippen molar-refractivity contribution in [1.29, 1.82) is 0 Å². The zero-order chi connectivity index (χ0) is 13.1. The molecule has 1 N–H and O–H groups in total. The topological polar surface area (TPSA) is 15.3 Å². The van der Waals surface area contributed by atoms with Gasteiger partial charge in [-0.25, -0.2) is 4.39 Å². The number of halogens is 1. The van der Waals surface area contributed by atoms with Gasteiger partial charge in [0.05, 0.1) is 0 Å². The van der Waals surface area contributed by atoms with Crippen LogP contribution in [-0.4, -0.2) is 30.6 Å². The summed E-state index contributed by atoms with van der Waals surface area (Å²) in [6, 6.07) is 8.37. The van der Waals surface area contributed by atoms with Crippen LogP contribution in [0.25, 0.3) is 0 Å². The van der Waals surface area contributed by atoms with Crippen LogP contribution in [0.3, 0.4) is 0 Å². The maximum absolute atomic E-state index is 13.8. The molecule has 1 aliphatic rings. The molecule has 0 spiro atoms. The number of piperidine rings is 1. The van der Waals surface area contributed by atoms with Crippen molar-refractivity contribution in [2.24, 2.45) is 0 Å². The summed E-state index contributed by atoms with van der Waals surface area (Å²) in [5.41, 5.74) is 0.812. The van der Waals surface area contributed by atoms with Gasteiger partial charge in [0.2, 0.25) is 0 Å². The van der Waals surface area contributed by atoms with Crippen LogP contribution in [0.5, 0.6) is 0 Å². The van der Waals surface area contributed by atoms with Crippen molar-refractivity contribution in [3.63, 3.8) is 0 Å². The molecule has 1 heterocycles. The molecular weight excluding hydrogens is 227 g/mol. The lowest BCUT2D eigenvalue weighted by Gasteiger charge is -2.41. The molecule has 0 aliphatic carbocycles. The first kappa shape index (κ1) is 13.5. The van der Waals surface area contributed by atoms with Crippen molar-refractivity contribution in [3.8, 4) is 0 Å². The van der Waals surface area contributed by atoms with Gasteiger partial charge in [-0.05, 0) is 39.8 Å². The Morgan fingerprint density at radius 3 is 2.72 bits per heavy atom.